The summed E-state index contributed by atoms with van der Waals surface area (Å²) >= 11 is 0. The van der Waals surface area contributed by atoms with E-state index < -0.39 is 0 Å². The molecular weight excluding hydrogens is 366 g/mol. The van der Waals surface area contributed by atoms with Gasteiger partial charge in [0.2, 0.25) is 0 Å². The highest BCUT2D eigenvalue weighted by molar-refractivity contribution is 5.94. The van der Waals surface area contributed by atoms with Crippen molar-refractivity contribution >= 4 is 5.91 Å². The van der Waals surface area contributed by atoms with Crippen LogP contribution < -0.4 is 4.74 Å². The van der Waals surface area contributed by atoms with Crippen molar-refractivity contribution in [3.8, 4) is 5.75 Å². The van der Waals surface area contributed by atoms with Crippen molar-refractivity contribution in [2.75, 3.05) is 39.3 Å². The summed E-state index contributed by atoms with van der Waals surface area (Å²) in [5, 5.41) is 0. The summed E-state index contributed by atoms with van der Waals surface area (Å²) in [4.78, 5) is 21.4. The Kier molecular flexibility index (Phi) is 6.75. The topological polar surface area (TPSA) is 54.9 Å². The fourth-order valence-electron chi connectivity index (χ4n) is 3.96. The molecule has 2 aliphatic heterocycles. The molecule has 2 saturated heterocycles. The molecule has 6 nitrogen and oxygen atoms in total. The normalized spacial score (nSPS) is 20.4. The average molecular weight is 396 g/mol. The first-order valence-corrected chi connectivity index (χ1v) is 10.5. The zero-order valence-corrected chi connectivity index (χ0v) is 16.8. The third-order valence-corrected chi connectivity index (χ3v) is 5.59. The van der Waals surface area contributed by atoms with Crippen LogP contribution >= 0.6 is 0 Å². The molecule has 6 heteroatoms. The minimum Gasteiger partial charge on any atom is -0.489 e. The number of nitrogens with zero attached hydrogens (tertiary/aromatic N) is 3. The number of carbonyl (C=O) groups excluding carboxylic acids is 1. The highest BCUT2D eigenvalue weighted by Crippen LogP contribution is 2.18. The molecule has 0 radical (unpaired) electrons. The number of hydrogen-bond donors (Lipinski definition) is 0. The number of hydrogen-bond acceptors (Lipinski definition) is 5. The zero-order valence-electron chi connectivity index (χ0n) is 16.8. The largest absolute Gasteiger partial charge is 0.489 e. The quantitative estimate of drug-likeness (QED) is 0.753. The Balaban J connectivity index is 1.28. The van der Waals surface area contributed by atoms with Crippen molar-refractivity contribution in [2.24, 2.45) is 0 Å². The van der Waals surface area contributed by atoms with Gasteiger partial charge in [-0.15, -0.1) is 0 Å². The summed E-state index contributed by atoms with van der Waals surface area (Å²) in [5.74, 6) is 0.854. The molecule has 2 aliphatic rings. The molecule has 154 valence electrons. The van der Waals surface area contributed by atoms with Gasteiger partial charge in [0.1, 0.15) is 12.4 Å². The van der Waals surface area contributed by atoms with E-state index in [0.717, 1.165) is 63.5 Å². The molecule has 29 heavy (non-hydrogen) atoms. The molecule has 1 unspecified atom stereocenters. The Hall–Kier alpha value is -2.44. The van der Waals surface area contributed by atoms with Crippen LogP contribution in [-0.4, -0.2) is 66.1 Å². The first kappa shape index (κ1) is 19.9. The van der Waals surface area contributed by atoms with Crippen LogP contribution in [0.25, 0.3) is 0 Å². The van der Waals surface area contributed by atoms with Gasteiger partial charge in [-0.05, 0) is 56.1 Å². The molecule has 2 fully saturated rings. The van der Waals surface area contributed by atoms with Crippen LogP contribution in [-0.2, 0) is 11.3 Å². The third kappa shape index (κ3) is 5.55. The van der Waals surface area contributed by atoms with E-state index in [9.17, 15) is 4.79 Å². The Morgan fingerprint density at radius 1 is 1.10 bits per heavy atom. The number of aromatic nitrogens is 1. The fourth-order valence-corrected chi connectivity index (χ4v) is 3.96. The lowest BCUT2D eigenvalue weighted by molar-refractivity contribution is 0.0704. The Labute approximate surface area is 172 Å². The summed E-state index contributed by atoms with van der Waals surface area (Å²) < 4.78 is 11.5. The molecule has 1 aromatic carbocycles. The van der Waals surface area contributed by atoms with Gasteiger partial charge < -0.3 is 14.4 Å². The second-order valence-electron chi connectivity index (χ2n) is 7.76. The number of ether oxygens (including phenoxy) is 2. The molecule has 0 aliphatic carbocycles. The Bertz CT molecular complexity index is 776. The van der Waals surface area contributed by atoms with Crippen LogP contribution in [0.5, 0.6) is 5.75 Å². The van der Waals surface area contributed by atoms with Crippen molar-refractivity contribution in [2.45, 2.75) is 32.0 Å². The van der Waals surface area contributed by atoms with Crippen LogP contribution in [0.4, 0.5) is 0 Å². The summed E-state index contributed by atoms with van der Waals surface area (Å²) in [6, 6.07) is 11.3. The molecule has 2 aromatic rings. The molecule has 0 bridgehead atoms. The molecule has 0 N–H and O–H groups in total. The third-order valence-electron chi connectivity index (χ3n) is 5.59. The van der Waals surface area contributed by atoms with Gasteiger partial charge in [-0.2, -0.15) is 0 Å². The molecule has 1 atom stereocenters. The van der Waals surface area contributed by atoms with Crippen molar-refractivity contribution < 1.29 is 14.3 Å². The number of rotatable bonds is 6. The number of pyridine rings is 1. The van der Waals surface area contributed by atoms with Gasteiger partial charge in [0, 0.05) is 56.3 Å². The second-order valence-corrected chi connectivity index (χ2v) is 7.76. The summed E-state index contributed by atoms with van der Waals surface area (Å²) in [6.07, 6.45) is 7.24. The highest BCUT2D eigenvalue weighted by atomic mass is 16.5. The van der Waals surface area contributed by atoms with E-state index in [-0.39, 0.29) is 5.91 Å². The lowest BCUT2D eigenvalue weighted by Gasteiger charge is -2.24. The Morgan fingerprint density at radius 3 is 2.76 bits per heavy atom. The second kappa shape index (κ2) is 9.85. The number of benzene rings is 1. The van der Waals surface area contributed by atoms with Crippen molar-refractivity contribution in [3.63, 3.8) is 0 Å². The van der Waals surface area contributed by atoms with Gasteiger partial charge in [0.15, 0.2) is 0 Å². The molecule has 0 spiro atoms. The van der Waals surface area contributed by atoms with Gasteiger partial charge in [0.25, 0.3) is 5.91 Å². The number of amides is 1. The number of carbonyl (C=O) groups is 1. The lowest BCUT2D eigenvalue weighted by atomic mass is 10.2. The van der Waals surface area contributed by atoms with Gasteiger partial charge in [-0.1, -0.05) is 6.07 Å². The maximum Gasteiger partial charge on any atom is 0.253 e. The van der Waals surface area contributed by atoms with E-state index in [0.29, 0.717) is 18.3 Å². The maximum absolute atomic E-state index is 12.9. The smallest absolute Gasteiger partial charge is 0.253 e. The minimum absolute atomic E-state index is 0.0998. The van der Waals surface area contributed by atoms with Gasteiger partial charge in [0.05, 0.1) is 6.10 Å². The van der Waals surface area contributed by atoms with Gasteiger partial charge in [-0.25, -0.2) is 0 Å². The summed E-state index contributed by atoms with van der Waals surface area (Å²) in [7, 11) is 0. The summed E-state index contributed by atoms with van der Waals surface area (Å²) in [5.41, 5.74) is 1.73. The average Bonchev–Trinajstić information content (AvgIpc) is 3.17. The van der Waals surface area contributed by atoms with Crippen molar-refractivity contribution in [1.82, 2.24) is 14.8 Å². The molecule has 4 rings (SSSR count). The highest BCUT2D eigenvalue weighted by Gasteiger charge is 2.23. The maximum atomic E-state index is 12.9. The molecule has 0 saturated carbocycles. The van der Waals surface area contributed by atoms with Gasteiger partial charge >= 0.3 is 0 Å². The molecule has 1 aromatic heterocycles. The van der Waals surface area contributed by atoms with E-state index >= 15 is 0 Å². The van der Waals surface area contributed by atoms with Crippen LogP contribution in [0.15, 0.2) is 48.8 Å². The molecular formula is C23H29N3O3. The predicted molar refractivity (Wildman–Crippen MR) is 111 cm³/mol. The van der Waals surface area contributed by atoms with Crippen LogP contribution in [0, 0.1) is 0 Å². The van der Waals surface area contributed by atoms with E-state index in [1.807, 2.05) is 41.3 Å². The van der Waals surface area contributed by atoms with E-state index in [4.69, 9.17) is 9.47 Å². The predicted octanol–water partition coefficient (Wildman–Crippen LogP) is 2.99. The molecule has 3 heterocycles. The van der Waals surface area contributed by atoms with E-state index in [2.05, 4.69) is 9.88 Å². The van der Waals surface area contributed by atoms with Crippen LogP contribution in [0.2, 0.25) is 0 Å². The van der Waals surface area contributed by atoms with Crippen LogP contribution in [0.1, 0.15) is 35.2 Å². The summed E-state index contributed by atoms with van der Waals surface area (Å²) in [6.45, 7) is 5.87. The molecule has 1 amide bonds. The zero-order chi connectivity index (χ0) is 19.9. The van der Waals surface area contributed by atoms with Crippen molar-refractivity contribution in [3.05, 3.63) is 59.9 Å². The Morgan fingerprint density at radius 2 is 2.00 bits per heavy atom. The first-order valence-electron chi connectivity index (χ1n) is 10.5. The van der Waals surface area contributed by atoms with E-state index in [1.165, 1.54) is 6.42 Å². The van der Waals surface area contributed by atoms with Gasteiger partial charge in [-0.3, -0.25) is 14.7 Å². The lowest BCUT2D eigenvalue weighted by Crippen LogP contribution is -2.37. The van der Waals surface area contributed by atoms with Crippen LogP contribution in [0.3, 0.4) is 0 Å². The monoisotopic (exact) mass is 395 g/mol. The fraction of sp³-hybridized carbons (Fsp3) is 0.478. The van der Waals surface area contributed by atoms with Crippen molar-refractivity contribution in [1.29, 1.82) is 0 Å². The standard InChI is InChI=1S/C23H29N3O3/c27-23(26-12-3-11-25(13-14-26)17-22-5-2-15-28-22)20-6-8-21(9-7-20)29-18-19-4-1-10-24-16-19/h1,4,6-10,16,22H,2-3,5,11-15,17-18H2. The minimum atomic E-state index is 0.0998. The first-order chi connectivity index (χ1) is 14.3. The van der Waals surface area contributed by atoms with E-state index in [1.54, 1.807) is 12.4 Å². The SMILES string of the molecule is O=C(c1ccc(OCc2cccnc2)cc1)N1CCCN(CC2CCCO2)CC1.